The van der Waals surface area contributed by atoms with Gasteiger partial charge in [-0.25, -0.2) is 4.57 Å². The molecular weight excluding hydrogens is 324 g/mol. The molecule has 26 heavy (non-hydrogen) atoms. The van der Waals surface area contributed by atoms with Crippen molar-refractivity contribution in [3.05, 3.63) is 90.5 Å². The normalized spacial score (nSPS) is 10.3. The number of carbonyl (C=O) groups excluding carboxylic acids is 1. The number of amides is 1. The molecule has 0 atom stereocenters. The van der Waals surface area contributed by atoms with E-state index in [4.69, 9.17) is 0 Å². The second kappa shape index (κ2) is 8.76. The molecular formula is C21H24N4O+2. The van der Waals surface area contributed by atoms with Crippen LogP contribution in [-0.2, 0) is 31.2 Å². The Kier molecular flexibility index (Phi) is 5.93. The zero-order valence-electron chi connectivity index (χ0n) is 14.9. The van der Waals surface area contributed by atoms with Crippen LogP contribution in [0.4, 0.5) is 5.69 Å². The highest BCUT2D eigenvalue weighted by molar-refractivity contribution is 5.76. The van der Waals surface area contributed by atoms with Crippen molar-refractivity contribution in [2.75, 3.05) is 5.43 Å². The molecule has 2 N–H and O–H groups in total. The standard InChI is InChI=1S/C21H23N4O/c1-24-15-11-18(12-16-24)9-10-19-7-3-4-8-20(19)22-23-21(26)17-25-13-5-2-6-14-25/h2-8,11-16,22H,9-10,17H2,1H3/q+1/p+1. The Balaban J connectivity index is 1.56. The predicted octanol–water partition coefficient (Wildman–Crippen LogP) is 1.73. The number of aromatic nitrogens is 2. The number of hydrazine groups is 1. The first-order chi connectivity index (χ1) is 12.7. The zero-order valence-corrected chi connectivity index (χ0v) is 14.9. The van der Waals surface area contributed by atoms with Crippen LogP contribution in [0.5, 0.6) is 0 Å². The first kappa shape index (κ1) is 17.6. The Labute approximate surface area is 153 Å². The number of anilines is 1. The maximum absolute atomic E-state index is 12.1. The van der Waals surface area contributed by atoms with E-state index in [1.165, 1.54) is 11.1 Å². The van der Waals surface area contributed by atoms with Crippen molar-refractivity contribution in [3.8, 4) is 0 Å². The number of nitrogens with zero attached hydrogens (tertiary/aromatic N) is 2. The van der Waals surface area contributed by atoms with Gasteiger partial charge in [-0.3, -0.25) is 15.6 Å². The molecule has 132 valence electrons. The molecule has 5 heteroatoms. The molecule has 0 radical (unpaired) electrons. The first-order valence-electron chi connectivity index (χ1n) is 8.72. The lowest BCUT2D eigenvalue weighted by atomic mass is 10.0. The Morgan fingerprint density at radius 3 is 2.38 bits per heavy atom. The number of hydrogen-bond donors (Lipinski definition) is 2. The summed E-state index contributed by atoms with van der Waals surface area (Å²) in [6.07, 6.45) is 9.70. The number of carbonyl (C=O) groups is 1. The lowest BCUT2D eigenvalue weighted by molar-refractivity contribution is -0.684. The summed E-state index contributed by atoms with van der Waals surface area (Å²) >= 11 is 0. The van der Waals surface area contributed by atoms with Crippen molar-refractivity contribution in [1.82, 2.24) is 5.43 Å². The molecule has 0 bridgehead atoms. The van der Waals surface area contributed by atoms with Crippen molar-refractivity contribution >= 4 is 11.6 Å². The Hall–Kier alpha value is -3.21. The Bertz CT molecular complexity index is 847. The highest BCUT2D eigenvalue weighted by Gasteiger charge is 2.09. The average molecular weight is 348 g/mol. The molecule has 5 nitrogen and oxygen atoms in total. The minimum absolute atomic E-state index is 0.0911. The van der Waals surface area contributed by atoms with Gasteiger partial charge in [0.25, 0.3) is 0 Å². The van der Waals surface area contributed by atoms with E-state index in [0.717, 1.165) is 18.5 Å². The van der Waals surface area contributed by atoms with Gasteiger partial charge in [-0.1, -0.05) is 24.3 Å². The summed E-state index contributed by atoms with van der Waals surface area (Å²) in [6, 6.07) is 18.1. The van der Waals surface area contributed by atoms with Gasteiger partial charge in [-0.05, 0) is 30.0 Å². The minimum atomic E-state index is -0.0911. The summed E-state index contributed by atoms with van der Waals surface area (Å²) in [5, 5.41) is 0. The van der Waals surface area contributed by atoms with E-state index in [1.807, 2.05) is 65.0 Å². The molecule has 0 saturated heterocycles. The van der Waals surface area contributed by atoms with Crippen LogP contribution >= 0.6 is 0 Å². The maximum atomic E-state index is 12.1. The van der Waals surface area contributed by atoms with Crippen LogP contribution < -0.4 is 20.0 Å². The van der Waals surface area contributed by atoms with Crippen molar-refractivity contribution in [2.45, 2.75) is 19.4 Å². The SMILES string of the molecule is C[n+]1ccc(CCc2ccccc2NNC(=O)C[n+]2ccccc2)cc1. The third kappa shape index (κ3) is 5.14. The fraction of sp³-hybridized carbons (Fsp3) is 0.190. The smallest absolute Gasteiger partial charge is 0.298 e. The third-order valence-corrected chi connectivity index (χ3v) is 4.19. The van der Waals surface area contributed by atoms with Crippen LogP contribution in [0, 0.1) is 0 Å². The fourth-order valence-electron chi connectivity index (χ4n) is 2.72. The van der Waals surface area contributed by atoms with Crippen LogP contribution in [0.15, 0.2) is 79.4 Å². The van der Waals surface area contributed by atoms with E-state index < -0.39 is 0 Å². The van der Waals surface area contributed by atoms with Crippen LogP contribution in [0.1, 0.15) is 11.1 Å². The summed E-state index contributed by atoms with van der Waals surface area (Å²) in [5.41, 5.74) is 9.24. The Morgan fingerprint density at radius 2 is 1.62 bits per heavy atom. The fourth-order valence-corrected chi connectivity index (χ4v) is 2.72. The summed E-state index contributed by atoms with van der Waals surface area (Å²) in [7, 11) is 2.01. The van der Waals surface area contributed by atoms with E-state index >= 15 is 0 Å². The minimum Gasteiger partial charge on any atom is -0.298 e. The average Bonchev–Trinajstić information content (AvgIpc) is 2.67. The highest BCUT2D eigenvalue weighted by Crippen LogP contribution is 2.16. The molecule has 2 aromatic heterocycles. The van der Waals surface area contributed by atoms with Gasteiger partial charge in [0.1, 0.15) is 7.05 Å². The lowest BCUT2D eigenvalue weighted by Crippen LogP contribution is -2.44. The van der Waals surface area contributed by atoms with Crippen molar-refractivity contribution < 1.29 is 13.9 Å². The third-order valence-electron chi connectivity index (χ3n) is 4.19. The van der Waals surface area contributed by atoms with E-state index in [9.17, 15) is 4.79 Å². The zero-order chi connectivity index (χ0) is 18.2. The number of aryl methyl sites for hydroxylation is 3. The molecule has 0 aliphatic rings. The molecule has 0 saturated carbocycles. The molecule has 0 aliphatic heterocycles. The van der Waals surface area contributed by atoms with Gasteiger partial charge in [0.15, 0.2) is 24.8 Å². The molecule has 2 heterocycles. The van der Waals surface area contributed by atoms with Crippen molar-refractivity contribution in [1.29, 1.82) is 0 Å². The predicted molar refractivity (Wildman–Crippen MR) is 99.9 cm³/mol. The molecule has 3 aromatic rings. The van der Waals surface area contributed by atoms with E-state index in [0.29, 0.717) is 0 Å². The quantitative estimate of drug-likeness (QED) is 0.505. The van der Waals surface area contributed by atoms with Gasteiger partial charge in [0, 0.05) is 24.3 Å². The number of hydrogen-bond acceptors (Lipinski definition) is 2. The molecule has 1 aromatic carbocycles. The van der Waals surface area contributed by atoms with E-state index in [2.05, 4.69) is 41.4 Å². The van der Waals surface area contributed by atoms with Crippen LogP contribution in [0.3, 0.4) is 0 Å². The monoisotopic (exact) mass is 348 g/mol. The number of benzene rings is 1. The molecule has 0 aliphatic carbocycles. The van der Waals surface area contributed by atoms with Crippen LogP contribution in [0.25, 0.3) is 0 Å². The van der Waals surface area contributed by atoms with Gasteiger partial charge < -0.3 is 0 Å². The number of pyridine rings is 2. The van der Waals surface area contributed by atoms with Gasteiger partial charge in [0.05, 0.1) is 5.69 Å². The van der Waals surface area contributed by atoms with Gasteiger partial charge in [0.2, 0.25) is 6.54 Å². The molecule has 3 rings (SSSR count). The first-order valence-corrected chi connectivity index (χ1v) is 8.72. The van der Waals surface area contributed by atoms with Gasteiger partial charge in [-0.15, -0.1) is 0 Å². The second-order valence-electron chi connectivity index (χ2n) is 6.25. The van der Waals surface area contributed by atoms with Crippen molar-refractivity contribution in [2.24, 2.45) is 7.05 Å². The topological polar surface area (TPSA) is 48.9 Å². The van der Waals surface area contributed by atoms with Crippen LogP contribution in [0.2, 0.25) is 0 Å². The van der Waals surface area contributed by atoms with Crippen molar-refractivity contribution in [3.63, 3.8) is 0 Å². The second-order valence-corrected chi connectivity index (χ2v) is 6.25. The number of rotatable bonds is 7. The summed E-state index contributed by atoms with van der Waals surface area (Å²) in [6.45, 7) is 0.275. The Morgan fingerprint density at radius 1 is 0.885 bits per heavy atom. The summed E-state index contributed by atoms with van der Waals surface area (Å²) in [4.78, 5) is 12.1. The molecule has 0 fully saturated rings. The van der Waals surface area contributed by atoms with Gasteiger partial charge >= 0.3 is 5.91 Å². The summed E-state index contributed by atoms with van der Waals surface area (Å²) < 4.78 is 3.86. The molecule has 0 spiro atoms. The highest BCUT2D eigenvalue weighted by atomic mass is 16.2. The largest absolute Gasteiger partial charge is 0.304 e. The number of para-hydroxylation sites is 1. The van der Waals surface area contributed by atoms with E-state index in [-0.39, 0.29) is 12.5 Å². The molecule has 0 unspecified atom stereocenters. The summed E-state index contributed by atoms with van der Waals surface area (Å²) in [5.74, 6) is -0.0911. The van der Waals surface area contributed by atoms with E-state index in [1.54, 1.807) is 0 Å². The van der Waals surface area contributed by atoms with Crippen LogP contribution in [-0.4, -0.2) is 5.91 Å². The molecule has 1 amide bonds. The van der Waals surface area contributed by atoms with Gasteiger partial charge in [-0.2, -0.15) is 4.57 Å². The maximum Gasteiger partial charge on any atom is 0.304 e. The lowest BCUT2D eigenvalue weighted by Gasteiger charge is -2.12. The number of nitrogens with one attached hydrogen (secondary N) is 2.